The second-order valence-corrected chi connectivity index (χ2v) is 8.39. The van der Waals surface area contributed by atoms with Gasteiger partial charge >= 0.3 is 5.97 Å². The largest absolute Gasteiger partial charge is 0.480 e. The Morgan fingerprint density at radius 1 is 0.897 bits per heavy atom. The summed E-state index contributed by atoms with van der Waals surface area (Å²) in [6.45, 7) is -0.797. The van der Waals surface area contributed by atoms with Crippen LogP contribution in [0.15, 0.2) is 0 Å². The molecule has 0 aliphatic heterocycles. The molecule has 0 saturated carbocycles. The highest BCUT2D eigenvalue weighted by molar-refractivity contribution is 7.98. The maximum absolute atomic E-state index is 12.6. The number of hydrogen-bond acceptors (Lipinski definition) is 9. The summed E-state index contributed by atoms with van der Waals surface area (Å²) in [4.78, 5) is 48.0. The van der Waals surface area contributed by atoms with E-state index in [0.29, 0.717) is 24.3 Å². The van der Waals surface area contributed by atoms with Crippen LogP contribution in [0.5, 0.6) is 0 Å². The predicted molar refractivity (Wildman–Crippen MR) is 118 cm³/mol. The Morgan fingerprint density at radius 3 is 1.86 bits per heavy atom. The third kappa shape index (κ3) is 11.0. The van der Waals surface area contributed by atoms with E-state index < -0.39 is 54.5 Å². The fourth-order valence-corrected chi connectivity index (χ4v) is 3.30. The second-order valence-electron chi connectivity index (χ2n) is 6.06. The molecular formula is C16H30N4O6S3. The van der Waals surface area contributed by atoms with Crippen LogP contribution in [0.25, 0.3) is 0 Å². The number of carbonyl (C=O) groups is 4. The van der Waals surface area contributed by atoms with E-state index in [4.69, 9.17) is 15.9 Å². The fourth-order valence-electron chi connectivity index (χ4n) is 2.08. The molecule has 0 rings (SSSR count). The number of carboxylic acid groups (broad SMARTS) is 1. The van der Waals surface area contributed by atoms with Gasteiger partial charge in [0.1, 0.15) is 18.1 Å². The lowest BCUT2D eigenvalue weighted by Gasteiger charge is -2.24. The lowest BCUT2D eigenvalue weighted by molar-refractivity contribution is -0.143. The molecular weight excluding hydrogens is 440 g/mol. The molecule has 0 radical (unpaired) electrons. The summed E-state index contributed by atoms with van der Waals surface area (Å²) in [5, 5.41) is 25.1. The van der Waals surface area contributed by atoms with Gasteiger partial charge in [-0.05, 0) is 36.9 Å². The number of nitrogens with two attached hydrogens (primary N) is 1. The molecule has 7 N–H and O–H groups in total. The van der Waals surface area contributed by atoms with Gasteiger partial charge in [0, 0.05) is 5.75 Å². The minimum atomic E-state index is -1.50. The molecule has 0 heterocycles. The fraction of sp³-hybridized carbons (Fsp3) is 0.750. The first-order valence-corrected chi connectivity index (χ1v) is 12.2. The summed E-state index contributed by atoms with van der Waals surface area (Å²) in [5.41, 5.74) is 5.84. The van der Waals surface area contributed by atoms with Crippen molar-refractivity contribution in [3.8, 4) is 0 Å². The Kier molecular flexibility index (Phi) is 15.0. The lowest BCUT2D eigenvalue weighted by atomic mass is 10.1. The first kappa shape index (κ1) is 27.8. The van der Waals surface area contributed by atoms with Crippen molar-refractivity contribution in [1.29, 1.82) is 0 Å². The standard InChI is InChI=1S/C16H30N4O6S3/c1-28-5-3-9(17)13(22)18-10(4-6-29-2)14(23)20-12(8-27)15(24)19-11(7-21)16(25)26/h9-12,21,27H,3-8,17H2,1-2H3,(H,18,22)(H,19,24)(H,20,23)(H,25,26). The van der Waals surface area contributed by atoms with Crippen molar-refractivity contribution in [2.75, 3.05) is 36.4 Å². The number of aliphatic hydroxyl groups excluding tert-OH is 1. The van der Waals surface area contributed by atoms with Crippen LogP contribution in [-0.4, -0.2) is 94.4 Å². The number of nitrogens with one attached hydrogen (secondary N) is 3. The highest BCUT2D eigenvalue weighted by Gasteiger charge is 2.29. The highest BCUT2D eigenvalue weighted by atomic mass is 32.2. The third-order valence-electron chi connectivity index (χ3n) is 3.83. The molecule has 13 heteroatoms. The Hall–Kier alpha value is -1.15. The second kappa shape index (κ2) is 15.7. The van der Waals surface area contributed by atoms with Crippen molar-refractivity contribution in [1.82, 2.24) is 16.0 Å². The maximum atomic E-state index is 12.6. The van der Waals surface area contributed by atoms with Crippen molar-refractivity contribution in [3.63, 3.8) is 0 Å². The van der Waals surface area contributed by atoms with Crippen LogP contribution in [0.2, 0.25) is 0 Å². The van der Waals surface area contributed by atoms with Gasteiger partial charge in [0.05, 0.1) is 12.6 Å². The van der Waals surface area contributed by atoms with Gasteiger partial charge in [-0.25, -0.2) is 4.79 Å². The average Bonchev–Trinajstić information content (AvgIpc) is 2.70. The number of amides is 3. The summed E-state index contributed by atoms with van der Waals surface area (Å²) in [5.74, 6) is -2.09. The summed E-state index contributed by atoms with van der Waals surface area (Å²) < 4.78 is 0. The number of thiol groups is 1. The summed E-state index contributed by atoms with van der Waals surface area (Å²) in [6.07, 6.45) is 4.53. The van der Waals surface area contributed by atoms with Crippen molar-refractivity contribution >= 4 is 59.8 Å². The molecule has 0 aliphatic rings. The Morgan fingerprint density at radius 2 is 1.38 bits per heavy atom. The first-order valence-electron chi connectivity index (χ1n) is 8.80. The van der Waals surface area contributed by atoms with Crippen LogP contribution in [0.1, 0.15) is 12.8 Å². The van der Waals surface area contributed by atoms with E-state index in [2.05, 4.69) is 28.6 Å². The van der Waals surface area contributed by atoms with E-state index >= 15 is 0 Å². The molecule has 0 fully saturated rings. The third-order valence-corrected chi connectivity index (χ3v) is 5.48. The number of aliphatic carboxylic acids is 1. The zero-order valence-corrected chi connectivity index (χ0v) is 18.9. The molecule has 0 aliphatic carbocycles. The number of aliphatic hydroxyl groups is 1. The predicted octanol–water partition coefficient (Wildman–Crippen LogP) is -1.72. The van der Waals surface area contributed by atoms with Crippen LogP contribution < -0.4 is 21.7 Å². The highest BCUT2D eigenvalue weighted by Crippen LogP contribution is 2.05. The van der Waals surface area contributed by atoms with E-state index in [1.807, 2.05) is 12.5 Å². The van der Waals surface area contributed by atoms with Gasteiger partial charge in [-0.3, -0.25) is 14.4 Å². The molecule has 29 heavy (non-hydrogen) atoms. The normalized spacial score (nSPS) is 14.9. The zero-order valence-electron chi connectivity index (χ0n) is 16.4. The van der Waals surface area contributed by atoms with Crippen LogP contribution in [0, 0.1) is 0 Å². The summed E-state index contributed by atoms with van der Waals surface area (Å²) >= 11 is 7.06. The molecule has 0 bridgehead atoms. The molecule has 0 aromatic rings. The number of hydrogen-bond donors (Lipinski definition) is 7. The lowest BCUT2D eigenvalue weighted by Crippen LogP contribution is -2.58. The molecule has 0 saturated heterocycles. The van der Waals surface area contributed by atoms with Crippen LogP contribution >= 0.6 is 36.2 Å². The van der Waals surface area contributed by atoms with Crippen LogP contribution in [0.4, 0.5) is 0 Å². The monoisotopic (exact) mass is 470 g/mol. The van der Waals surface area contributed by atoms with Crippen molar-refractivity contribution in [3.05, 3.63) is 0 Å². The van der Waals surface area contributed by atoms with E-state index in [0.717, 1.165) is 0 Å². The summed E-state index contributed by atoms with van der Waals surface area (Å²) in [7, 11) is 0. The first-order chi connectivity index (χ1) is 13.7. The van der Waals surface area contributed by atoms with E-state index in [1.165, 1.54) is 11.8 Å². The van der Waals surface area contributed by atoms with E-state index in [1.54, 1.807) is 11.8 Å². The quantitative estimate of drug-likeness (QED) is 0.138. The zero-order chi connectivity index (χ0) is 22.4. The van der Waals surface area contributed by atoms with Gasteiger partial charge in [0.15, 0.2) is 0 Å². The van der Waals surface area contributed by atoms with Crippen molar-refractivity contribution < 1.29 is 29.4 Å². The van der Waals surface area contributed by atoms with Gasteiger partial charge in [-0.15, -0.1) is 0 Å². The molecule has 0 aromatic heterocycles. The van der Waals surface area contributed by atoms with Crippen molar-refractivity contribution in [2.45, 2.75) is 37.0 Å². The average molecular weight is 471 g/mol. The minimum Gasteiger partial charge on any atom is -0.480 e. The maximum Gasteiger partial charge on any atom is 0.328 e. The smallest absolute Gasteiger partial charge is 0.328 e. The molecule has 168 valence electrons. The summed E-state index contributed by atoms with van der Waals surface area (Å²) in [6, 6.07) is -4.29. The molecule has 4 unspecified atom stereocenters. The Balaban J connectivity index is 5.05. The van der Waals surface area contributed by atoms with Gasteiger partial charge in [0.25, 0.3) is 0 Å². The van der Waals surface area contributed by atoms with E-state index in [-0.39, 0.29) is 5.75 Å². The topological polar surface area (TPSA) is 171 Å². The van der Waals surface area contributed by atoms with Gasteiger partial charge < -0.3 is 31.9 Å². The molecule has 4 atom stereocenters. The number of carbonyl (C=O) groups excluding carboxylic acids is 3. The molecule has 3 amide bonds. The molecule has 0 aromatic carbocycles. The number of rotatable bonds is 15. The number of thioether (sulfide) groups is 2. The molecule has 10 nitrogen and oxygen atoms in total. The molecule has 0 spiro atoms. The van der Waals surface area contributed by atoms with E-state index in [9.17, 15) is 19.2 Å². The van der Waals surface area contributed by atoms with Crippen LogP contribution in [-0.2, 0) is 19.2 Å². The SMILES string of the molecule is CSCCC(N)C(=O)NC(CCSC)C(=O)NC(CS)C(=O)NC(CO)C(=O)O. The van der Waals surface area contributed by atoms with Gasteiger partial charge in [-0.2, -0.15) is 36.2 Å². The van der Waals surface area contributed by atoms with Gasteiger partial charge in [0.2, 0.25) is 17.7 Å². The Labute approximate surface area is 184 Å². The van der Waals surface area contributed by atoms with Crippen molar-refractivity contribution in [2.24, 2.45) is 5.73 Å². The minimum absolute atomic E-state index is 0.105. The Bertz CT molecular complexity index is 555. The number of carboxylic acids is 1. The van der Waals surface area contributed by atoms with Gasteiger partial charge in [-0.1, -0.05) is 0 Å². The van der Waals surface area contributed by atoms with Crippen LogP contribution in [0.3, 0.4) is 0 Å².